The Hall–Kier alpha value is -1.47. The number of rotatable bonds is 3. The lowest BCUT2D eigenvalue weighted by molar-refractivity contribution is 0.254. The number of carbonyl (C=O) groups excluding carboxylic acids is 1. The lowest BCUT2D eigenvalue weighted by atomic mass is 10.3. The van der Waals surface area contributed by atoms with Crippen LogP contribution in [-0.2, 0) is 6.42 Å². The largest absolute Gasteiger partial charge is 0.341 e. The number of aryl methyl sites for hydroxylation is 1. The fourth-order valence-electron chi connectivity index (χ4n) is 1.52. The predicted octanol–water partition coefficient (Wildman–Crippen LogP) is 3.28. The molecule has 0 aliphatic heterocycles. The van der Waals surface area contributed by atoms with Crippen molar-refractivity contribution in [2.75, 3.05) is 12.4 Å². The first-order valence-electron chi connectivity index (χ1n) is 5.74. The molecule has 2 N–H and O–H groups in total. The van der Waals surface area contributed by atoms with E-state index in [2.05, 4.69) is 36.5 Å². The van der Waals surface area contributed by atoms with Gasteiger partial charge in [-0.25, -0.2) is 14.8 Å². The van der Waals surface area contributed by atoms with Crippen LogP contribution in [0, 0.1) is 0 Å². The van der Waals surface area contributed by atoms with E-state index in [1.165, 1.54) is 11.3 Å². The summed E-state index contributed by atoms with van der Waals surface area (Å²) in [4.78, 5) is 21.0. The van der Waals surface area contributed by atoms with Gasteiger partial charge in [-0.2, -0.15) is 0 Å². The summed E-state index contributed by atoms with van der Waals surface area (Å²) in [5.41, 5.74) is 1.55. The zero-order chi connectivity index (χ0) is 13.8. The maximum absolute atomic E-state index is 11.4. The van der Waals surface area contributed by atoms with Crippen LogP contribution in [0.3, 0.4) is 0 Å². The van der Waals surface area contributed by atoms with Crippen molar-refractivity contribution in [2.24, 2.45) is 0 Å². The van der Waals surface area contributed by atoms with Crippen molar-refractivity contribution in [3.05, 3.63) is 27.9 Å². The monoisotopic (exact) mass is 340 g/mol. The molecule has 0 aliphatic rings. The van der Waals surface area contributed by atoms with Crippen LogP contribution in [0.1, 0.15) is 12.7 Å². The summed E-state index contributed by atoms with van der Waals surface area (Å²) < 4.78 is 0.936. The molecular formula is C12H13BrN4OS. The number of hydrogen-bond acceptors (Lipinski definition) is 4. The highest BCUT2D eigenvalue weighted by molar-refractivity contribution is 9.11. The average Bonchev–Trinajstić information content (AvgIpc) is 2.79. The number of aromatic nitrogens is 2. The van der Waals surface area contributed by atoms with E-state index in [4.69, 9.17) is 0 Å². The summed E-state index contributed by atoms with van der Waals surface area (Å²) in [7, 11) is 1.58. The quantitative estimate of drug-likeness (QED) is 0.900. The van der Waals surface area contributed by atoms with Gasteiger partial charge < -0.3 is 10.6 Å². The Morgan fingerprint density at radius 2 is 2.32 bits per heavy atom. The van der Waals surface area contributed by atoms with Gasteiger partial charge in [-0.1, -0.05) is 6.92 Å². The Balaban J connectivity index is 2.40. The van der Waals surface area contributed by atoms with Gasteiger partial charge >= 0.3 is 6.03 Å². The Kier molecular flexibility index (Phi) is 4.49. The highest BCUT2D eigenvalue weighted by Crippen LogP contribution is 2.38. The van der Waals surface area contributed by atoms with E-state index < -0.39 is 0 Å². The molecule has 0 bridgehead atoms. The zero-order valence-electron chi connectivity index (χ0n) is 10.5. The zero-order valence-corrected chi connectivity index (χ0v) is 12.9. The second kappa shape index (κ2) is 6.12. The van der Waals surface area contributed by atoms with Gasteiger partial charge in [0.1, 0.15) is 5.82 Å². The molecular weight excluding hydrogens is 328 g/mol. The Bertz CT molecular complexity index is 599. The van der Waals surface area contributed by atoms with Gasteiger partial charge in [-0.3, -0.25) is 0 Å². The van der Waals surface area contributed by atoms with E-state index in [-0.39, 0.29) is 6.03 Å². The number of nitrogens with zero attached hydrogens (tertiary/aromatic N) is 2. The fourth-order valence-corrected chi connectivity index (χ4v) is 3.05. The summed E-state index contributed by atoms with van der Waals surface area (Å²) in [6.07, 6.45) is 2.51. The maximum Gasteiger partial charge on any atom is 0.319 e. The van der Waals surface area contributed by atoms with Crippen molar-refractivity contribution in [3.63, 3.8) is 0 Å². The molecule has 0 radical (unpaired) electrons. The van der Waals surface area contributed by atoms with Crippen molar-refractivity contribution < 1.29 is 4.79 Å². The lowest BCUT2D eigenvalue weighted by Crippen LogP contribution is -2.24. The topological polar surface area (TPSA) is 66.9 Å². The van der Waals surface area contributed by atoms with E-state index in [1.54, 1.807) is 13.2 Å². The van der Waals surface area contributed by atoms with Gasteiger partial charge in [-0.15, -0.1) is 11.3 Å². The smallest absolute Gasteiger partial charge is 0.319 e. The number of thiophene rings is 1. The third kappa shape index (κ3) is 3.30. The highest BCUT2D eigenvalue weighted by Gasteiger charge is 2.13. The SMILES string of the molecule is CCc1nccc(-c2sc(Br)cc2NC(=O)NC)n1. The van der Waals surface area contributed by atoms with Gasteiger partial charge in [0.2, 0.25) is 0 Å². The van der Waals surface area contributed by atoms with E-state index in [1.807, 2.05) is 19.1 Å². The Morgan fingerprint density at radius 3 is 3.00 bits per heavy atom. The molecule has 0 spiro atoms. The third-order valence-electron chi connectivity index (χ3n) is 2.43. The number of amides is 2. The number of hydrogen-bond donors (Lipinski definition) is 2. The molecule has 5 nitrogen and oxygen atoms in total. The summed E-state index contributed by atoms with van der Waals surface area (Å²) >= 11 is 4.95. The van der Waals surface area contributed by atoms with Crippen LogP contribution >= 0.6 is 27.3 Å². The predicted molar refractivity (Wildman–Crippen MR) is 80.5 cm³/mol. The van der Waals surface area contributed by atoms with E-state index in [0.29, 0.717) is 0 Å². The molecule has 0 aromatic carbocycles. The minimum absolute atomic E-state index is 0.253. The molecule has 2 amide bonds. The molecule has 19 heavy (non-hydrogen) atoms. The summed E-state index contributed by atoms with van der Waals surface area (Å²) in [5, 5.41) is 5.32. The van der Waals surface area contributed by atoms with E-state index >= 15 is 0 Å². The van der Waals surface area contributed by atoms with Crippen molar-refractivity contribution in [2.45, 2.75) is 13.3 Å². The van der Waals surface area contributed by atoms with E-state index in [9.17, 15) is 4.79 Å². The second-order valence-corrected chi connectivity index (χ2v) is 6.14. The molecule has 2 heterocycles. The van der Waals surface area contributed by atoms with Crippen LogP contribution in [-0.4, -0.2) is 23.0 Å². The van der Waals surface area contributed by atoms with Crippen molar-refractivity contribution in [1.82, 2.24) is 15.3 Å². The Labute approximate surface area is 123 Å². The van der Waals surface area contributed by atoms with Crippen molar-refractivity contribution in [1.29, 1.82) is 0 Å². The fraction of sp³-hybridized carbons (Fsp3) is 0.250. The molecule has 0 saturated carbocycles. The minimum Gasteiger partial charge on any atom is -0.341 e. The van der Waals surface area contributed by atoms with Gasteiger partial charge in [0, 0.05) is 19.7 Å². The molecule has 2 rings (SSSR count). The Morgan fingerprint density at radius 1 is 1.53 bits per heavy atom. The first-order chi connectivity index (χ1) is 9.13. The van der Waals surface area contributed by atoms with Crippen LogP contribution in [0.2, 0.25) is 0 Å². The molecule has 0 fully saturated rings. The highest BCUT2D eigenvalue weighted by atomic mass is 79.9. The van der Waals surface area contributed by atoms with Gasteiger partial charge in [0.05, 0.1) is 20.0 Å². The van der Waals surface area contributed by atoms with Crippen LogP contribution in [0.15, 0.2) is 22.1 Å². The van der Waals surface area contributed by atoms with Gasteiger partial charge in [-0.05, 0) is 28.1 Å². The number of anilines is 1. The lowest BCUT2D eigenvalue weighted by Gasteiger charge is -2.06. The maximum atomic E-state index is 11.4. The van der Waals surface area contributed by atoms with Crippen LogP contribution in [0.4, 0.5) is 10.5 Å². The number of nitrogens with one attached hydrogen (secondary N) is 2. The minimum atomic E-state index is -0.253. The molecule has 0 aliphatic carbocycles. The number of urea groups is 1. The first-order valence-corrected chi connectivity index (χ1v) is 7.35. The van der Waals surface area contributed by atoms with Gasteiger partial charge in [0.25, 0.3) is 0 Å². The third-order valence-corrected chi connectivity index (χ3v) is 4.09. The summed E-state index contributed by atoms with van der Waals surface area (Å²) in [5.74, 6) is 0.785. The second-order valence-electron chi connectivity index (χ2n) is 3.71. The number of halogens is 1. The van der Waals surface area contributed by atoms with Crippen molar-refractivity contribution in [3.8, 4) is 10.6 Å². The standard InChI is InChI=1S/C12H13BrN4OS/c1-3-10-15-5-4-7(16-10)11-8(6-9(13)19-11)17-12(18)14-2/h4-6H,3H2,1-2H3,(H2,14,17,18). The van der Waals surface area contributed by atoms with Crippen LogP contribution in [0.5, 0.6) is 0 Å². The molecule has 2 aromatic rings. The molecule has 100 valence electrons. The molecule has 0 unspecified atom stereocenters. The molecule has 0 atom stereocenters. The normalized spacial score (nSPS) is 10.3. The summed E-state index contributed by atoms with van der Waals surface area (Å²) in [6.45, 7) is 2.01. The first kappa shape index (κ1) is 14.0. The molecule has 2 aromatic heterocycles. The van der Waals surface area contributed by atoms with Gasteiger partial charge in [0.15, 0.2) is 0 Å². The van der Waals surface area contributed by atoms with Crippen molar-refractivity contribution >= 4 is 39.0 Å². The molecule has 0 saturated heterocycles. The van der Waals surface area contributed by atoms with Crippen LogP contribution in [0.25, 0.3) is 10.6 Å². The summed E-state index contributed by atoms with van der Waals surface area (Å²) in [6, 6.07) is 3.45. The van der Waals surface area contributed by atoms with Crippen LogP contribution < -0.4 is 10.6 Å². The average molecular weight is 341 g/mol. The van der Waals surface area contributed by atoms with E-state index in [0.717, 1.165) is 32.3 Å². The number of carbonyl (C=O) groups is 1. The molecule has 7 heteroatoms.